The summed E-state index contributed by atoms with van der Waals surface area (Å²) in [7, 11) is 1.81. The summed E-state index contributed by atoms with van der Waals surface area (Å²) in [6.45, 7) is 2.20. The van der Waals surface area contributed by atoms with Gasteiger partial charge in [-0.05, 0) is 19.1 Å². The number of aryl methyl sites for hydroxylation is 1. The summed E-state index contributed by atoms with van der Waals surface area (Å²) in [4.78, 5) is 15.1. The highest BCUT2D eigenvalue weighted by Crippen LogP contribution is 2.19. The Kier molecular flexibility index (Phi) is 3.67. The van der Waals surface area contributed by atoms with Crippen LogP contribution in [-0.4, -0.2) is 15.8 Å². The fraction of sp³-hybridized carbons (Fsp3) is 0.231. The molecule has 2 aromatic rings. The third-order valence-corrected chi connectivity index (χ3v) is 3.03. The molecule has 0 N–H and O–H groups in total. The third-order valence-electron chi connectivity index (χ3n) is 2.68. The van der Waals surface area contributed by atoms with E-state index in [4.69, 9.17) is 16.3 Å². The van der Waals surface area contributed by atoms with Gasteiger partial charge in [0, 0.05) is 7.05 Å². The van der Waals surface area contributed by atoms with Crippen LogP contribution in [0.4, 0.5) is 0 Å². The maximum atomic E-state index is 10.9. The molecule has 1 heterocycles. The summed E-state index contributed by atoms with van der Waals surface area (Å²) >= 11 is 5.88. The minimum atomic E-state index is 0.271. The molecule has 4 nitrogen and oxygen atoms in total. The predicted octanol–water partition coefficient (Wildman–Crippen LogP) is 2.77. The van der Waals surface area contributed by atoms with Crippen LogP contribution in [0.3, 0.4) is 0 Å². The van der Waals surface area contributed by atoms with Crippen molar-refractivity contribution >= 4 is 17.9 Å². The molecule has 0 fully saturated rings. The molecule has 0 saturated heterocycles. The van der Waals surface area contributed by atoms with Crippen molar-refractivity contribution in [1.29, 1.82) is 0 Å². The van der Waals surface area contributed by atoms with Gasteiger partial charge in [-0.2, -0.15) is 0 Å². The molecule has 94 valence electrons. The average molecular weight is 265 g/mol. The quantitative estimate of drug-likeness (QED) is 0.798. The molecule has 0 saturated carbocycles. The smallest absolute Gasteiger partial charge is 0.153 e. The number of imidazole rings is 1. The van der Waals surface area contributed by atoms with Gasteiger partial charge in [0.15, 0.2) is 6.29 Å². The third kappa shape index (κ3) is 2.54. The van der Waals surface area contributed by atoms with E-state index < -0.39 is 0 Å². The number of ether oxygens (including phenoxy) is 1. The maximum absolute atomic E-state index is 10.9. The van der Waals surface area contributed by atoms with Crippen molar-refractivity contribution in [3.63, 3.8) is 0 Å². The van der Waals surface area contributed by atoms with E-state index in [1.54, 1.807) is 22.9 Å². The number of nitrogens with zero attached hydrogens (tertiary/aromatic N) is 2. The molecule has 1 aromatic heterocycles. The lowest BCUT2D eigenvalue weighted by molar-refractivity contribution is 0.111. The van der Waals surface area contributed by atoms with Crippen LogP contribution in [0.15, 0.2) is 24.4 Å². The van der Waals surface area contributed by atoms with Crippen LogP contribution in [0.2, 0.25) is 5.15 Å². The number of carbonyl (C=O) groups is 1. The zero-order chi connectivity index (χ0) is 13.1. The lowest BCUT2D eigenvalue weighted by Gasteiger charge is -2.09. The van der Waals surface area contributed by atoms with Crippen molar-refractivity contribution in [2.45, 2.75) is 13.5 Å². The standard InChI is InChI=1S/C13H13ClN2O2/c1-9-3-4-11(10(5-9)7-17)18-8-13-15-6-12(14)16(13)2/h3-7H,8H2,1-2H3. The van der Waals surface area contributed by atoms with Gasteiger partial charge in [-0.3, -0.25) is 4.79 Å². The number of carbonyl (C=O) groups excluding carboxylic acids is 1. The number of hydrogen-bond acceptors (Lipinski definition) is 3. The number of benzene rings is 1. The predicted molar refractivity (Wildman–Crippen MR) is 69.1 cm³/mol. The molecule has 0 spiro atoms. The average Bonchev–Trinajstić information content (AvgIpc) is 2.68. The van der Waals surface area contributed by atoms with Crippen LogP contribution in [0.5, 0.6) is 5.75 Å². The second kappa shape index (κ2) is 5.23. The summed E-state index contributed by atoms with van der Waals surface area (Å²) in [6.07, 6.45) is 2.35. The van der Waals surface area contributed by atoms with Gasteiger partial charge in [0.2, 0.25) is 0 Å². The highest BCUT2D eigenvalue weighted by Gasteiger charge is 2.07. The van der Waals surface area contributed by atoms with Gasteiger partial charge in [-0.1, -0.05) is 23.2 Å². The summed E-state index contributed by atoms with van der Waals surface area (Å²) in [5.41, 5.74) is 1.56. The van der Waals surface area contributed by atoms with Gasteiger partial charge in [0.25, 0.3) is 0 Å². The first kappa shape index (κ1) is 12.6. The van der Waals surface area contributed by atoms with E-state index in [1.165, 1.54) is 0 Å². The molecule has 0 aliphatic carbocycles. The van der Waals surface area contributed by atoms with E-state index >= 15 is 0 Å². The molecule has 0 amide bonds. The zero-order valence-electron chi connectivity index (χ0n) is 10.2. The molecule has 0 bridgehead atoms. The number of rotatable bonds is 4. The Hall–Kier alpha value is -1.81. The van der Waals surface area contributed by atoms with Crippen molar-refractivity contribution in [2.75, 3.05) is 0 Å². The minimum Gasteiger partial charge on any atom is -0.485 e. The second-order valence-corrected chi connectivity index (χ2v) is 4.39. The lowest BCUT2D eigenvalue weighted by Crippen LogP contribution is -2.05. The van der Waals surface area contributed by atoms with Crippen LogP contribution >= 0.6 is 11.6 Å². The first-order valence-corrected chi connectivity index (χ1v) is 5.84. The summed E-state index contributed by atoms with van der Waals surface area (Å²) < 4.78 is 7.32. The van der Waals surface area contributed by atoms with Crippen LogP contribution in [0.1, 0.15) is 21.7 Å². The number of aromatic nitrogens is 2. The molecule has 0 radical (unpaired) electrons. The van der Waals surface area contributed by atoms with Crippen molar-refractivity contribution in [1.82, 2.24) is 9.55 Å². The fourth-order valence-corrected chi connectivity index (χ4v) is 1.74. The summed E-state index contributed by atoms with van der Waals surface area (Å²) in [5.74, 6) is 1.26. The van der Waals surface area contributed by atoms with Crippen molar-refractivity contribution in [3.05, 3.63) is 46.5 Å². The molecule has 0 unspecified atom stereocenters. The Bertz CT molecular complexity index is 578. The summed E-state index contributed by atoms with van der Waals surface area (Å²) in [6, 6.07) is 5.46. The van der Waals surface area contributed by atoms with Crippen LogP contribution in [-0.2, 0) is 13.7 Å². The Morgan fingerprint density at radius 1 is 1.50 bits per heavy atom. The van der Waals surface area contributed by atoms with Gasteiger partial charge >= 0.3 is 0 Å². The Morgan fingerprint density at radius 3 is 2.89 bits per heavy atom. The molecule has 0 aliphatic heterocycles. The van der Waals surface area contributed by atoms with E-state index in [1.807, 2.05) is 20.0 Å². The van der Waals surface area contributed by atoms with Gasteiger partial charge in [0.1, 0.15) is 23.3 Å². The number of hydrogen-bond donors (Lipinski definition) is 0. The Morgan fingerprint density at radius 2 is 2.28 bits per heavy atom. The van der Waals surface area contributed by atoms with E-state index in [2.05, 4.69) is 4.98 Å². The number of halogens is 1. The monoisotopic (exact) mass is 264 g/mol. The molecule has 18 heavy (non-hydrogen) atoms. The molecule has 0 atom stereocenters. The Balaban J connectivity index is 2.15. The van der Waals surface area contributed by atoms with Gasteiger partial charge in [-0.25, -0.2) is 4.98 Å². The topological polar surface area (TPSA) is 44.1 Å². The van der Waals surface area contributed by atoms with Gasteiger partial charge in [-0.15, -0.1) is 0 Å². The summed E-state index contributed by atoms with van der Waals surface area (Å²) in [5, 5.41) is 0.549. The second-order valence-electron chi connectivity index (χ2n) is 4.00. The minimum absolute atomic E-state index is 0.271. The first-order valence-electron chi connectivity index (χ1n) is 5.46. The Labute approximate surface area is 110 Å². The van der Waals surface area contributed by atoms with Gasteiger partial charge < -0.3 is 9.30 Å². The lowest BCUT2D eigenvalue weighted by atomic mass is 10.1. The van der Waals surface area contributed by atoms with E-state index in [0.29, 0.717) is 22.3 Å². The first-order chi connectivity index (χ1) is 8.61. The van der Waals surface area contributed by atoms with Crippen LogP contribution in [0.25, 0.3) is 0 Å². The molecule has 0 aliphatic rings. The van der Waals surface area contributed by atoms with Crippen molar-refractivity contribution < 1.29 is 9.53 Å². The van der Waals surface area contributed by atoms with Gasteiger partial charge in [0.05, 0.1) is 11.8 Å². The van der Waals surface area contributed by atoms with Crippen molar-refractivity contribution in [3.8, 4) is 5.75 Å². The van der Waals surface area contributed by atoms with Crippen LogP contribution < -0.4 is 4.74 Å². The van der Waals surface area contributed by atoms with E-state index in [0.717, 1.165) is 11.8 Å². The molecule has 2 rings (SSSR count). The maximum Gasteiger partial charge on any atom is 0.153 e. The van der Waals surface area contributed by atoms with E-state index in [9.17, 15) is 4.79 Å². The molecular weight excluding hydrogens is 252 g/mol. The SMILES string of the molecule is Cc1ccc(OCc2ncc(Cl)n2C)c(C=O)c1. The fourth-order valence-electron chi connectivity index (χ4n) is 1.59. The number of aldehydes is 1. The molecular formula is C13H13ClN2O2. The zero-order valence-corrected chi connectivity index (χ0v) is 10.9. The largest absolute Gasteiger partial charge is 0.485 e. The molecule has 1 aromatic carbocycles. The highest BCUT2D eigenvalue weighted by atomic mass is 35.5. The normalized spacial score (nSPS) is 10.4. The highest BCUT2D eigenvalue weighted by molar-refractivity contribution is 6.29. The van der Waals surface area contributed by atoms with Crippen molar-refractivity contribution in [2.24, 2.45) is 7.05 Å². The van der Waals surface area contributed by atoms with E-state index in [-0.39, 0.29) is 6.61 Å². The molecule has 5 heteroatoms. The van der Waals surface area contributed by atoms with Crippen LogP contribution in [0, 0.1) is 6.92 Å².